The molecule has 1 aliphatic carbocycles. The lowest BCUT2D eigenvalue weighted by Crippen LogP contribution is -2.47. The number of hydrogen-bond acceptors (Lipinski definition) is 2. The molecule has 0 N–H and O–H groups in total. The molecule has 6 heteroatoms. The molecule has 1 saturated heterocycles. The molecule has 3 rings (SSSR count). The summed E-state index contributed by atoms with van der Waals surface area (Å²) in [6.07, 6.45) is 5.62. The summed E-state index contributed by atoms with van der Waals surface area (Å²) in [6, 6.07) is 3.32. The molecule has 1 heterocycles. The maximum Gasteiger partial charge on any atom is 0.256 e. The summed E-state index contributed by atoms with van der Waals surface area (Å²) in [5.41, 5.74) is -0.116. The predicted molar refractivity (Wildman–Crippen MR) is 99.2 cm³/mol. The largest absolute Gasteiger partial charge is 0.343 e. The van der Waals surface area contributed by atoms with Crippen LogP contribution in [0.1, 0.15) is 55.8 Å². The van der Waals surface area contributed by atoms with E-state index in [1.165, 1.54) is 18.9 Å². The molecule has 0 radical (unpaired) electrons. The molecule has 0 aromatic heterocycles. The lowest BCUT2D eigenvalue weighted by Gasteiger charge is -2.38. The Morgan fingerprint density at radius 3 is 2.26 bits per heavy atom. The number of piperidine rings is 1. The smallest absolute Gasteiger partial charge is 0.256 e. The van der Waals surface area contributed by atoms with Crippen molar-refractivity contribution in [2.45, 2.75) is 51.5 Å². The van der Waals surface area contributed by atoms with Gasteiger partial charge in [0.15, 0.2) is 0 Å². The molecular weight excluding hydrogens is 350 g/mol. The topological polar surface area (TPSA) is 40.6 Å². The summed E-state index contributed by atoms with van der Waals surface area (Å²) in [5, 5.41) is 0. The average Bonchev–Trinajstić information content (AvgIpc) is 2.67. The number of likely N-dealkylation sites (tertiary alicyclic amines) is 1. The minimum atomic E-state index is -0.843. The second-order valence-corrected chi connectivity index (χ2v) is 8.05. The first-order valence-corrected chi connectivity index (χ1v) is 9.87. The van der Waals surface area contributed by atoms with E-state index in [1.807, 2.05) is 11.9 Å². The molecule has 1 aliphatic heterocycles. The van der Waals surface area contributed by atoms with Gasteiger partial charge in [-0.3, -0.25) is 9.59 Å². The fourth-order valence-corrected chi connectivity index (χ4v) is 4.26. The fraction of sp³-hybridized carbons (Fsp3) is 0.619. The van der Waals surface area contributed by atoms with Gasteiger partial charge in [-0.25, -0.2) is 8.78 Å². The first-order valence-electron chi connectivity index (χ1n) is 9.87. The van der Waals surface area contributed by atoms with E-state index < -0.39 is 17.5 Å². The van der Waals surface area contributed by atoms with E-state index in [0.29, 0.717) is 32.0 Å². The second-order valence-electron chi connectivity index (χ2n) is 8.05. The van der Waals surface area contributed by atoms with Crippen LogP contribution in [0.25, 0.3) is 0 Å². The molecule has 0 atom stereocenters. The molecule has 1 saturated carbocycles. The highest BCUT2D eigenvalue weighted by Crippen LogP contribution is 2.29. The van der Waals surface area contributed by atoms with Gasteiger partial charge < -0.3 is 9.80 Å². The minimum absolute atomic E-state index is 0.0866. The van der Waals surface area contributed by atoms with Crippen LogP contribution in [0.5, 0.6) is 0 Å². The van der Waals surface area contributed by atoms with Gasteiger partial charge in [0.05, 0.1) is 5.56 Å². The summed E-state index contributed by atoms with van der Waals surface area (Å²) in [4.78, 5) is 28.8. The Kier molecular flexibility index (Phi) is 6.12. The number of rotatable bonds is 3. The molecule has 2 aliphatic rings. The Bertz CT molecular complexity index is 693. The highest BCUT2D eigenvalue weighted by atomic mass is 19.1. The molecule has 0 spiro atoms. The molecule has 4 nitrogen and oxygen atoms in total. The monoisotopic (exact) mass is 378 g/mol. The SMILES string of the molecule is CC1CCC(N(C)C(=O)C2CCN(C(=O)c3ccc(F)cc3F)CC2)CC1. The lowest BCUT2D eigenvalue weighted by atomic mass is 9.86. The maximum atomic E-state index is 13.9. The van der Waals surface area contributed by atoms with Crippen LogP contribution in [-0.4, -0.2) is 47.8 Å². The van der Waals surface area contributed by atoms with Gasteiger partial charge in [0.25, 0.3) is 5.91 Å². The Labute approximate surface area is 159 Å². The van der Waals surface area contributed by atoms with Crippen LogP contribution in [0.15, 0.2) is 18.2 Å². The Balaban J connectivity index is 1.55. The van der Waals surface area contributed by atoms with Gasteiger partial charge in [0.1, 0.15) is 11.6 Å². The van der Waals surface area contributed by atoms with E-state index in [9.17, 15) is 18.4 Å². The van der Waals surface area contributed by atoms with Crippen molar-refractivity contribution in [2.24, 2.45) is 11.8 Å². The first-order chi connectivity index (χ1) is 12.9. The van der Waals surface area contributed by atoms with Crippen molar-refractivity contribution in [3.63, 3.8) is 0 Å². The summed E-state index contributed by atoms with van der Waals surface area (Å²) in [7, 11) is 1.90. The van der Waals surface area contributed by atoms with Crippen molar-refractivity contribution < 1.29 is 18.4 Å². The standard InChI is InChI=1S/C21H28F2N2O2/c1-14-3-6-17(7-4-14)24(2)20(26)15-9-11-25(12-10-15)21(27)18-8-5-16(22)13-19(18)23/h5,8,13-15,17H,3-4,6-7,9-12H2,1-2H3. The molecule has 27 heavy (non-hydrogen) atoms. The van der Waals surface area contributed by atoms with Crippen LogP contribution in [-0.2, 0) is 4.79 Å². The number of amides is 2. The predicted octanol–water partition coefficient (Wildman–Crippen LogP) is 3.85. The van der Waals surface area contributed by atoms with Crippen molar-refractivity contribution >= 4 is 11.8 Å². The second kappa shape index (κ2) is 8.36. The van der Waals surface area contributed by atoms with E-state index in [0.717, 1.165) is 30.9 Å². The van der Waals surface area contributed by atoms with E-state index in [-0.39, 0.29) is 17.4 Å². The number of halogens is 2. The fourth-order valence-electron chi connectivity index (χ4n) is 4.26. The van der Waals surface area contributed by atoms with Crippen molar-refractivity contribution in [1.29, 1.82) is 0 Å². The molecule has 1 aromatic rings. The number of hydrogen-bond donors (Lipinski definition) is 0. The van der Waals surface area contributed by atoms with E-state index in [4.69, 9.17) is 0 Å². The zero-order valence-corrected chi connectivity index (χ0v) is 16.1. The molecule has 1 aromatic carbocycles. The molecule has 148 valence electrons. The average molecular weight is 378 g/mol. The highest BCUT2D eigenvalue weighted by Gasteiger charge is 2.33. The van der Waals surface area contributed by atoms with Gasteiger partial charge in [0.2, 0.25) is 5.91 Å². The van der Waals surface area contributed by atoms with Crippen LogP contribution in [0.4, 0.5) is 8.78 Å². The van der Waals surface area contributed by atoms with Gasteiger partial charge in [-0.15, -0.1) is 0 Å². The molecular formula is C21H28F2N2O2. The quantitative estimate of drug-likeness (QED) is 0.802. The van der Waals surface area contributed by atoms with Gasteiger partial charge in [-0.1, -0.05) is 6.92 Å². The van der Waals surface area contributed by atoms with Crippen LogP contribution >= 0.6 is 0 Å². The van der Waals surface area contributed by atoms with E-state index in [1.54, 1.807) is 4.90 Å². The van der Waals surface area contributed by atoms with Gasteiger partial charge in [-0.05, 0) is 56.6 Å². The van der Waals surface area contributed by atoms with Crippen molar-refractivity contribution in [2.75, 3.05) is 20.1 Å². The molecule has 2 amide bonds. The first kappa shape index (κ1) is 19.8. The highest BCUT2D eigenvalue weighted by molar-refractivity contribution is 5.94. The van der Waals surface area contributed by atoms with Gasteiger partial charge in [-0.2, -0.15) is 0 Å². The van der Waals surface area contributed by atoms with Crippen molar-refractivity contribution in [1.82, 2.24) is 9.80 Å². The Morgan fingerprint density at radius 1 is 1.04 bits per heavy atom. The third-order valence-electron chi connectivity index (χ3n) is 6.17. The van der Waals surface area contributed by atoms with E-state index >= 15 is 0 Å². The molecule has 0 bridgehead atoms. The lowest BCUT2D eigenvalue weighted by molar-refractivity contribution is -0.138. The van der Waals surface area contributed by atoms with Gasteiger partial charge in [0, 0.05) is 38.2 Å². The summed E-state index contributed by atoms with van der Waals surface area (Å²) < 4.78 is 26.9. The minimum Gasteiger partial charge on any atom is -0.343 e. The zero-order chi connectivity index (χ0) is 19.6. The summed E-state index contributed by atoms with van der Waals surface area (Å²) in [5.74, 6) is -1.16. The van der Waals surface area contributed by atoms with Gasteiger partial charge >= 0.3 is 0 Å². The summed E-state index contributed by atoms with van der Waals surface area (Å²) in [6.45, 7) is 3.10. The third-order valence-corrected chi connectivity index (χ3v) is 6.17. The number of benzene rings is 1. The molecule has 0 unspecified atom stereocenters. The number of nitrogens with zero attached hydrogens (tertiary/aromatic N) is 2. The normalized spacial score (nSPS) is 23.9. The number of carbonyl (C=O) groups excluding carboxylic acids is 2. The third kappa shape index (κ3) is 4.47. The van der Waals surface area contributed by atoms with Crippen LogP contribution < -0.4 is 0 Å². The van der Waals surface area contributed by atoms with Crippen LogP contribution in [0, 0.1) is 23.5 Å². The maximum absolute atomic E-state index is 13.9. The summed E-state index contributed by atoms with van der Waals surface area (Å²) >= 11 is 0. The Hall–Kier alpha value is -1.98. The van der Waals surface area contributed by atoms with Crippen molar-refractivity contribution in [3.8, 4) is 0 Å². The van der Waals surface area contributed by atoms with Crippen molar-refractivity contribution in [3.05, 3.63) is 35.4 Å². The number of carbonyl (C=O) groups is 2. The molecule has 2 fully saturated rings. The van der Waals surface area contributed by atoms with Crippen LogP contribution in [0.3, 0.4) is 0 Å². The zero-order valence-electron chi connectivity index (χ0n) is 16.1. The van der Waals surface area contributed by atoms with Crippen LogP contribution in [0.2, 0.25) is 0 Å². The Morgan fingerprint density at radius 2 is 1.67 bits per heavy atom. The van der Waals surface area contributed by atoms with E-state index in [2.05, 4.69) is 6.92 Å².